The number of aromatic nitrogens is 2. The van der Waals surface area contributed by atoms with Gasteiger partial charge in [0.2, 0.25) is 0 Å². The Morgan fingerprint density at radius 3 is 3.07 bits per heavy atom. The highest BCUT2D eigenvalue weighted by Gasteiger charge is 2.17. The van der Waals surface area contributed by atoms with Crippen LogP contribution in [-0.2, 0) is 24.3 Å². The molecular weight excluding hydrogens is 210 g/mol. The molecule has 1 aromatic heterocycles. The molecule has 1 aliphatic heterocycles. The van der Waals surface area contributed by atoms with E-state index in [0.29, 0.717) is 6.61 Å². The van der Waals surface area contributed by atoms with Gasteiger partial charge in [0.1, 0.15) is 0 Å². The van der Waals surface area contributed by atoms with Crippen LogP contribution in [0.5, 0.6) is 0 Å². The minimum Gasteiger partial charge on any atom is -0.376 e. The molecule has 0 atom stereocenters. The third-order valence-corrected chi connectivity index (χ3v) is 2.96. The summed E-state index contributed by atoms with van der Waals surface area (Å²) in [6.45, 7) is 2.21. The lowest BCUT2D eigenvalue weighted by Gasteiger charge is -2.18. The third-order valence-electron chi connectivity index (χ3n) is 2.41. The molecule has 15 heavy (non-hydrogen) atoms. The van der Waals surface area contributed by atoms with Gasteiger partial charge in [-0.15, -0.1) is 0 Å². The lowest BCUT2D eigenvalue weighted by atomic mass is 10.1. The maximum absolute atomic E-state index is 5.44. The molecular formula is C10H15N3OS. The summed E-state index contributed by atoms with van der Waals surface area (Å²) in [6, 6.07) is 0. The Hall–Kier alpha value is -0.650. The Morgan fingerprint density at radius 1 is 1.47 bits per heavy atom. The summed E-state index contributed by atoms with van der Waals surface area (Å²) in [5, 5.41) is 3.99. The number of hydrogen-bond donors (Lipinski definition) is 1. The average Bonchev–Trinajstić information content (AvgIpc) is 2.29. The first-order valence-corrected chi connectivity index (χ1v) is 6.22. The first-order chi connectivity index (χ1) is 7.35. The fraction of sp³-hybridized carbons (Fsp3) is 0.600. The molecule has 0 amide bonds. The van der Waals surface area contributed by atoms with Crippen LogP contribution >= 0.6 is 11.8 Å². The van der Waals surface area contributed by atoms with Gasteiger partial charge in [0, 0.05) is 18.5 Å². The normalized spacial score (nSPS) is 15.1. The van der Waals surface area contributed by atoms with Crippen molar-refractivity contribution in [2.75, 3.05) is 19.9 Å². The second-order valence-electron chi connectivity index (χ2n) is 3.42. The van der Waals surface area contributed by atoms with E-state index in [1.165, 1.54) is 5.56 Å². The Labute approximate surface area is 93.8 Å². The quantitative estimate of drug-likeness (QED) is 0.614. The minimum atomic E-state index is 0.654. The lowest BCUT2D eigenvalue weighted by Crippen LogP contribution is -2.19. The maximum Gasteiger partial charge on any atom is 0.187 e. The fourth-order valence-electron chi connectivity index (χ4n) is 1.68. The van der Waals surface area contributed by atoms with Crippen LogP contribution in [-0.4, -0.2) is 29.9 Å². The Kier molecular flexibility index (Phi) is 3.56. The zero-order valence-electron chi connectivity index (χ0n) is 9.04. The molecule has 0 unspecified atom stereocenters. The summed E-state index contributed by atoms with van der Waals surface area (Å²) in [7, 11) is 1.93. The Balaban J connectivity index is 2.41. The third kappa shape index (κ3) is 2.30. The molecule has 4 nitrogen and oxygen atoms in total. The molecule has 0 radical (unpaired) electrons. The van der Waals surface area contributed by atoms with Crippen molar-refractivity contribution in [3.8, 4) is 0 Å². The van der Waals surface area contributed by atoms with E-state index in [9.17, 15) is 0 Å². The summed E-state index contributed by atoms with van der Waals surface area (Å²) in [5.41, 5.74) is 3.41. The highest BCUT2D eigenvalue weighted by Crippen LogP contribution is 2.21. The molecule has 0 aliphatic carbocycles. The van der Waals surface area contributed by atoms with Crippen molar-refractivity contribution in [2.24, 2.45) is 0 Å². The van der Waals surface area contributed by atoms with Crippen LogP contribution in [0.3, 0.4) is 0 Å². The number of rotatable bonds is 3. The largest absolute Gasteiger partial charge is 0.376 e. The highest BCUT2D eigenvalue weighted by molar-refractivity contribution is 7.98. The maximum atomic E-state index is 5.44. The summed E-state index contributed by atoms with van der Waals surface area (Å²) >= 11 is 1.59. The molecule has 2 rings (SSSR count). The number of fused-ring (bicyclic) bond motifs is 1. The Morgan fingerprint density at radius 2 is 2.33 bits per heavy atom. The van der Waals surface area contributed by atoms with Crippen LogP contribution < -0.4 is 5.32 Å². The van der Waals surface area contributed by atoms with Crippen LogP contribution in [0.1, 0.15) is 17.0 Å². The second-order valence-corrected chi connectivity index (χ2v) is 4.19. The SMILES string of the molecule is CNCc1nc(SC)nc2c1COCC2. The smallest absolute Gasteiger partial charge is 0.187 e. The van der Waals surface area contributed by atoms with Crippen molar-refractivity contribution in [1.29, 1.82) is 0 Å². The van der Waals surface area contributed by atoms with E-state index >= 15 is 0 Å². The second kappa shape index (κ2) is 4.92. The van der Waals surface area contributed by atoms with Gasteiger partial charge in [-0.25, -0.2) is 9.97 Å². The van der Waals surface area contributed by atoms with Crippen molar-refractivity contribution in [3.05, 3.63) is 17.0 Å². The summed E-state index contributed by atoms with van der Waals surface area (Å²) in [4.78, 5) is 9.02. The average molecular weight is 225 g/mol. The molecule has 1 aliphatic rings. The number of nitrogens with one attached hydrogen (secondary N) is 1. The van der Waals surface area contributed by atoms with E-state index in [1.54, 1.807) is 11.8 Å². The molecule has 2 heterocycles. The van der Waals surface area contributed by atoms with Gasteiger partial charge in [0.05, 0.1) is 24.6 Å². The topological polar surface area (TPSA) is 47.0 Å². The fourth-order valence-corrected chi connectivity index (χ4v) is 2.08. The van der Waals surface area contributed by atoms with Gasteiger partial charge in [0.15, 0.2) is 5.16 Å². The molecule has 1 N–H and O–H groups in total. The lowest BCUT2D eigenvalue weighted by molar-refractivity contribution is 0.107. The minimum absolute atomic E-state index is 0.654. The van der Waals surface area contributed by atoms with Gasteiger partial charge >= 0.3 is 0 Å². The van der Waals surface area contributed by atoms with Crippen molar-refractivity contribution < 1.29 is 4.74 Å². The molecule has 0 bridgehead atoms. The van der Waals surface area contributed by atoms with Crippen molar-refractivity contribution in [1.82, 2.24) is 15.3 Å². The number of thioether (sulfide) groups is 1. The Bertz CT molecular complexity index is 357. The van der Waals surface area contributed by atoms with E-state index in [0.717, 1.165) is 36.1 Å². The van der Waals surface area contributed by atoms with E-state index < -0.39 is 0 Å². The first kappa shape index (κ1) is 10.9. The van der Waals surface area contributed by atoms with Gasteiger partial charge in [-0.1, -0.05) is 11.8 Å². The van der Waals surface area contributed by atoms with E-state index in [2.05, 4.69) is 15.3 Å². The molecule has 1 aromatic rings. The molecule has 0 spiro atoms. The van der Waals surface area contributed by atoms with Crippen LogP contribution in [0, 0.1) is 0 Å². The summed E-state index contributed by atoms with van der Waals surface area (Å²) in [6.07, 6.45) is 2.91. The molecule has 5 heteroatoms. The summed E-state index contributed by atoms with van der Waals surface area (Å²) in [5.74, 6) is 0. The number of hydrogen-bond acceptors (Lipinski definition) is 5. The van der Waals surface area contributed by atoms with Crippen LogP contribution in [0.4, 0.5) is 0 Å². The summed E-state index contributed by atoms with van der Waals surface area (Å²) < 4.78 is 5.44. The van der Waals surface area contributed by atoms with Gasteiger partial charge in [0.25, 0.3) is 0 Å². The number of nitrogens with zero attached hydrogens (tertiary/aromatic N) is 2. The first-order valence-electron chi connectivity index (χ1n) is 5.00. The van der Waals surface area contributed by atoms with Crippen molar-refractivity contribution >= 4 is 11.8 Å². The molecule has 0 saturated carbocycles. The molecule has 82 valence electrons. The standard InChI is InChI=1S/C10H15N3OS/c1-11-5-9-7-6-14-4-3-8(7)12-10(13-9)15-2/h11H,3-6H2,1-2H3. The molecule has 0 fully saturated rings. The van der Waals surface area contributed by atoms with Crippen LogP contribution in [0.25, 0.3) is 0 Å². The van der Waals surface area contributed by atoms with Crippen molar-refractivity contribution in [2.45, 2.75) is 24.7 Å². The zero-order valence-corrected chi connectivity index (χ0v) is 9.86. The van der Waals surface area contributed by atoms with Crippen LogP contribution in [0.15, 0.2) is 5.16 Å². The highest BCUT2D eigenvalue weighted by atomic mass is 32.2. The predicted octanol–water partition coefficient (Wildman–Crippen LogP) is 0.991. The van der Waals surface area contributed by atoms with Gasteiger partial charge in [-0.3, -0.25) is 0 Å². The zero-order chi connectivity index (χ0) is 10.7. The molecule has 0 saturated heterocycles. The van der Waals surface area contributed by atoms with E-state index in [-0.39, 0.29) is 0 Å². The van der Waals surface area contributed by atoms with Gasteiger partial charge in [-0.05, 0) is 13.3 Å². The van der Waals surface area contributed by atoms with Crippen LogP contribution in [0.2, 0.25) is 0 Å². The predicted molar refractivity (Wildman–Crippen MR) is 59.9 cm³/mol. The van der Waals surface area contributed by atoms with E-state index in [4.69, 9.17) is 4.74 Å². The van der Waals surface area contributed by atoms with Gasteiger partial charge in [-0.2, -0.15) is 0 Å². The number of ether oxygens (including phenoxy) is 1. The molecule has 0 aromatic carbocycles. The van der Waals surface area contributed by atoms with Gasteiger partial charge < -0.3 is 10.1 Å². The monoisotopic (exact) mass is 225 g/mol. The van der Waals surface area contributed by atoms with E-state index in [1.807, 2.05) is 13.3 Å². The van der Waals surface area contributed by atoms with Crippen molar-refractivity contribution in [3.63, 3.8) is 0 Å².